The first-order valence-corrected chi connectivity index (χ1v) is 9.10. The van der Waals surface area contributed by atoms with Gasteiger partial charge in [0.25, 0.3) is 0 Å². The highest BCUT2D eigenvalue weighted by atomic mass is 16.5. The Morgan fingerprint density at radius 1 is 1.04 bits per heavy atom. The van der Waals surface area contributed by atoms with E-state index in [1.807, 2.05) is 72.8 Å². The molecule has 5 nitrogen and oxygen atoms in total. The summed E-state index contributed by atoms with van der Waals surface area (Å²) < 4.78 is 11.0. The quantitative estimate of drug-likeness (QED) is 0.513. The fourth-order valence-corrected chi connectivity index (χ4v) is 2.99. The Bertz CT molecular complexity index is 1090. The van der Waals surface area contributed by atoms with E-state index in [2.05, 4.69) is 10.3 Å². The molecule has 4 rings (SSSR count). The van der Waals surface area contributed by atoms with Crippen LogP contribution in [0.1, 0.15) is 12.0 Å². The first-order valence-electron chi connectivity index (χ1n) is 9.10. The van der Waals surface area contributed by atoms with Gasteiger partial charge in [0.1, 0.15) is 11.3 Å². The lowest BCUT2D eigenvalue weighted by molar-refractivity contribution is -0.116. The van der Waals surface area contributed by atoms with E-state index in [9.17, 15) is 4.79 Å². The highest BCUT2D eigenvalue weighted by Gasteiger charge is 2.10. The molecular weight excluding hydrogens is 352 g/mol. The van der Waals surface area contributed by atoms with Gasteiger partial charge in [-0.15, -0.1) is 0 Å². The standard InChI is InChI=1S/C23H20N2O3/c1-27-19-11-8-17(9-12-19)23-25-20-15-18(10-13-21(20)28-23)24-22(26)14-7-16-5-3-2-4-6-16/h2-6,8-13,15H,7,14H2,1H3,(H,24,26). The monoisotopic (exact) mass is 372 g/mol. The summed E-state index contributed by atoms with van der Waals surface area (Å²) in [7, 11) is 1.63. The summed E-state index contributed by atoms with van der Waals surface area (Å²) in [5.41, 5.74) is 4.10. The Hall–Kier alpha value is -3.60. The first kappa shape index (κ1) is 17.8. The van der Waals surface area contributed by atoms with Crippen LogP contribution in [0.4, 0.5) is 5.69 Å². The Labute approximate surface area is 163 Å². The third-order valence-electron chi connectivity index (χ3n) is 4.49. The Balaban J connectivity index is 1.46. The molecule has 0 aliphatic rings. The van der Waals surface area contributed by atoms with E-state index in [1.165, 1.54) is 0 Å². The van der Waals surface area contributed by atoms with Crippen molar-refractivity contribution >= 4 is 22.7 Å². The summed E-state index contributed by atoms with van der Waals surface area (Å²) in [6.45, 7) is 0. The van der Waals surface area contributed by atoms with E-state index in [4.69, 9.17) is 9.15 Å². The van der Waals surface area contributed by atoms with Crippen molar-refractivity contribution in [3.63, 3.8) is 0 Å². The van der Waals surface area contributed by atoms with E-state index in [0.717, 1.165) is 16.9 Å². The molecule has 0 bridgehead atoms. The molecule has 0 atom stereocenters. The zero-order valence-corrected chi connectivity index (χ0v) is 15.5. The van der Waals surface area contributed by atoms with Gasteiger partial charge in [-0.1, -0.05) is 30.3 Å². The summed E-state index contributed by atoms with van der Waals surface area (Å²) in [5.74, 6) is 1.28. The van der Waals surface area contributed by atoms with Crippen molar-refractivity contribution in [3.05, 3.63) is 78.4 Å². The number of methoxy groups -OCH3 is 1. The van der Waals surface area contributed by atoms with Crippen molar-refractivity contribution in [1.29, 1.82) is 0 Å². The second-order valence-electron chi connectivity index (χ2n) is 6.46. The normalized spacial score (nSPS) is 10.8. The fraction of sp³-hybridized carbons (Fsp3) is 0.130. The number of carbonyl (C=O) groups excluding carboxylic acids is 1. The van der Waals surface area contributed by atoms with Gasteiger partial charge in [0.05, 0.1) is 7.11 Å². The number of nitrogens with one attached hydrogen (secondary N) is 1. The summed E-state index contributed by atoms with van der Waals surface area (Å²) in [5, 5.41) is 2.93. The minimum Gasteiger partial charge on any atom is -0.497 e. The van der Waals surface area contributed by atoms with Crippen molar-refractivity contribution in [2.24, 2.45) is 0 Å². The molecule has 1 heterocycles. The maximum Gasteiger partial charge on any atom is 0.227 e. The number of hydrogen-bond acceptors (Lipinski definition) is 4. The van der Waals surface area contributed by atoms with Crippen molar-refractivity contribution < 1.29 is 13.9 Å². The van der Waals surface area contributed by atoms with Gasteiger partial charge in [-0.25, -0.2) is 4.98 Å². The number of hydrogen-bond donors (Lipinski definition) is 1. The largest absolute Gasteiger partial charge is 0.497 e. The summed E-state index contributed by atoms with van der Waals surface area (Å²) in [6.07, 6.45) is 1.14. The average Bonchev–Trinajstić information content (AvgIpc) is 3.16. The van der Waals surface area contributed by atoms with Crippen LogP contribution in [-0.2, 0) is 11.2 Å². The lowest BCUT2D eigenvalue weighted by atomic mass is 10.1. The summed E-state index contributed by atoms with van der Waals surface area (Å²) in [6, 6.07) is 23.0. The number of amides is 1. The number of anilines is 1. The number of carbonyl (C=O) groups is 1. The molecule has 1 N–H and O–H groups in total. The van der Waals surface area contributed by atoms with Crippen molar-refractivity contribution in [2.45, 2.75) is 12.8 Å². The predicted molar refractivity (Wildman–Crippen MR) is 109 cm³/mol. The van der Waals surface area contributed by atoms with Crippen LogP contribution in [-0.4, -0.2) is 18.0 Å². The molecule has 140 valence electrons. The zero-order valence-electron chi connectivity index (χ0n) is 15.5. The van der Waals surface area contributed by atoms with E-state index < -0.39 is 0 Å². The molecule has 0 saturated carbocycles. The van der Waals surface area contributed by atoms with E-state index in [-0.39, 0.29) is 5.91 Å². The number of fused-ring (bicyclic) bond motifs is 1. The molecule has 0 saturated heterocycles. The number of ether oxygens (including phenoxy) is 1. The van der Waals surface area contributed by atoms with Crippen LogP contribution in [0.3, 0.4) is 0 Å². The van der Waals surface area contributed by atoms with Crippen molar-refractivity contribution in [3.8, 4) is 17.2 Å². The van der Waals surface area contributed by atoms with Gasteiger partial charge in [0.15, 0.2) is 5.58 Å². The average molecular weight is 372 g/mol. The highest BCUT2D eigenvalue weighted by molar-refractivity contribution is 5.93. The second kappa shape index (κ2) is 7.96. The van der Waals surface area contributed by atoms with Crippen molar-refractivity contribution in [2.75, 3.05) is 12.4 Å². The van der Waals surface area contributed by atoms with Crippen LogP contribution in [0.15, 0.2) is 77.2 Å². The molecule has 4 aromatic rings. The van der Waals surface area contributed by atoms with Crippen molar-refractivity contribution in [1.82, 2.24) is 4.98 Å². The first-order chi connectivity index (χ1) is 13.7. The van der Waals surface area contributed by atoms with Crippen LogP contribution in [0.25, 0.3) is 22.6 Å². The third kappa shape index (κ3) is 4.04. The smallest absolute Gasteiger partial charge is 0.227 e. The Kier molecular flexibility index (Phi) is 5.06. The van der Waals surface area contributed by atoms with Crippen LogP contribution in [0, 0.1) is 0 Å². The minimum atomic E-state index is -0.0259. The maximum absolute atomic E-state index is 12.2. The number of nitrogens with zero attached hydrogens (tertiary/aromatic N) is 1. The molecule has 0 unspecified atom stereocenters. The van der Waals surface area contributed by atoms with Gasteiger partial charge in [-0.2, -0.15) is 0 Å². The molecule has 0 spiro atoms. The number of aromatic nitrogens is 1. The molecule has 0 aliphatic heterocycles. The SMILES string of the molecule is COc1ccc(-c2nc3cc(NC(=O)CCc4ccccc4)ccc3o2)cc1. The van der Waals surface area contributed by atoms with Crippen LogP contribution in [0.5, 0.6) is 5.75 Å². The van der Waals surface area contributed by atoms with Crippen LogP contribution < -0.4 is 10.1 Å². The highest BCUT2D eigenvalue weighted by Crippen LogP contribution is 2.27. The molecule has 0 fully saturated rings. The van der Waals surface area contributed by atoms with Gasteiger partial charge in [0, 0.05) is 17.7 Å². The predicted octanol–water partition coefficient (Wildman–Crippen LogP) is 5.07. The molecule has 0 radical (unpaired) electrons. The summed E-state index contributed by atoms with van der Waals surface area (Å²) in [4.78, 5) is 16.8. The molecule has 1 amide bonds. The van der Waals surface area contributed by atoms with Gasteiger partial charge in [-0.05, 0) is 54.4 Å². The van der Waals surface area contributed by atoms with Gasteiger partial charge < -0.3 is 14.5 Å². The molecular formula is C23H20N2O3. The number of aryl methyl sites for hydroxylation is 1. The molecule has 1 aromatic heterocycles. The molecule has 28 heavy (non-hydrogen) atoms. The second-order valence-corrected chi connectivity index (χ2v) is 6.46. The summed E-state index contributed by atoms with van der Waals surface area (Å²) >= 11 is 0. The topological polar surface area (TPSA) is 64.4 Å². The van der Waals surface area contributed by atoms with E-state index in [0.29, 0.717) is 35.5 Å². The lowest BCUT2D eigenvalue weighted by Crippen LogP contribution is -2.12. The lowest BCUT2D eigenvalue weighted by Gasteiger charge is -2.05. The number of oxazole rings is 1. The van der Waals surface area contributed by atoms with Crippen LogP contribution in [0.2, 0.25) is 0 Å². The van der Waals surface area contributed by atoms with Crippen LogP contribution >= 0.6 is 0 Å². The number of rotatable bonds is 6. The zero-order chi connectivity index (χ0) is 19.3. The Morgan fingerprint density at radius 3 is 2.57 bits per heavy atom. The van der Waals surface area contributed by atoms with Gasteiger partial charge >= 0.3 is 0 Å². The van der Waals surface area contributed by atoms with E-state index in [1.54, 1.807) is 7.11 Å². The third-order valence-corrected chi connectivity index (χ3v) is 4.49. The molecule has 0 aliphatic carbocycles. The fourth-order valence-electron chi connectivity index (χ4n) is 2.99. The molecule has 3 aromatic carbocycles. The maximum atomic E-state index is 12.2. The van der Waals surface area contributed by atoms with E-state index >= 15 is 0 Å². The minimum absolute atomic E-state index is 0.0259. The number of benzene rings is 3. The van der Waals surface area contributed by atoms with Gasteiger partial charge in [-0.3, -0.25) is 4.79 Å². The molecule has 5 heteroatoms. The van der Waals surface area contributed by atoms with Gasteiger partial charge in [0.2, 0.25) is 11.8 Å². The Morgan fingerprint density at radius 2 is 1.82 bits per heavy atom.